The molecule has 2 N–H and O–H groups in total. The molecular formula is C18H17N3O5S. The Morgan fingerprint density at radius 3 is 2.33 bits per heavy atom. The predicted molar refractivity (Wildman–Crippen MR) is 101 cm³/mol. The molecule has 9 heteroatoms. The van der Waals surface area contributed by atoms with Gasteiger partial charge in [-0.1, -0.05) is 30.3 Å². The molecule has 0 aliphatic carbocycles. The smallest absolute Gasteiger partial charge is 0.264 e. The van der Waals surface area contributed by atoms with E-state index in [0.717, 1.165) is 0 Å². The fraction of sp³-hybridized carbons (Fsp3) is 0.111. The maximum absolute atomic E-state index is 12.7. The number of aromatic nitrogens is 2. The Kier molecular flexibility index (Phi) is 5.13. The third-order valence-corrected chi connectivity index (χ3v) is 5.04. The summed E-state index contributed by atoms with van der Waals surface area (Å²) in [6.45, 7) is 0. The van der Waals surface area contributed by atoms with Crippen molar-refractivity contribution in [3.63, 3.8) is 0 Å². The number of sulfonamides is 1. The average Bonchev–Trinajstić information content (AvgIpc) is 2.67. The van der Waals surface area contributed by atoms with Gasteiger partial charge < -0.3 is 9.47 Å². The number of methoxy groups -OCH3 is 2. The van der Waals surface area contributed by atoms with E-state index in [2.05, 4.69) is 14.7 Å². The van der Waals surface area contributed by atoms with Gasteiger partial charge in [-0.25, -0.2) is 18.1 Å². The molecule has 0 aliphatic heterocycles. The van der Waals surface area contributed by atoms with Crippen LogP contribution in [0.25, 0.3) is 11.3 Å². The molecule has 140 valence electrons. The number of hydrogen-bond acceptors (Lipinski definition) is 6. The molecule has 1 heterocycles. The molecule has 0 saturated carbocycles. The van der Waals surface area contributed by atoms with Gasteiger partial charge in [0.15, 0.2) is 11.5 Å². The fourth-order valence-electron chi connectivity index (χ4n) is 2.43. The fourth-order valence-corrected chi connectivity index (χ4v) is 3.41. The van der Waals surface area contributed by atoms with E-state index in [4.69, 9.17) is 9.47 Å². The quantitative estimate of drug-likeness (QED) is 0.671. The SMILES string of the molecule is COc1ccc(S(=O)(=O)Nc2nc(-c3ccccc3)cc(=O)[nH]2)cc1OC. The molecule has 0 amide bonds. The van der Waals surface area contributed by atoms with Crippen LogP contribution in [0.5, 0.6) is 11.5 Å². The van der Waals surface area contributed by atoms with E-state index in [9.17, 15) is 13.2 Å². The van der Waals surface area contributed by atoms with Gasteiger partial charge in [0.2, 0.25) is 5.95 Å². The van der Waals surface area contributed by atoms with Gasteiger partial charge in [0, 0.05) is 17.7 Å². The molecule has 3 aromatic rings. The van der Waals surface area contributed by atoms with Crippen LogP contribution >= 0.6 is 0 Å². The minimum atomic E-state index is -4.00. The second-order valence-corrected chi connectivity index (χ2v) is 7.15. The zero-order valence-corrected chi connectivity index (χ0v) is 15.4. The molecule has 1 aromatic heterocycles. The van der Waals surface area contributed by atoms with Crippen molar-refractivity contribution in [2.45, 2.75) is 4.90 Å². The Labute approximate surface area is 155 Å². The maximum Gasteiger partial charge on any atom is 0.264 e. The van der Waals surface area contributed by atoms with E-state index < -0.39 is 15.6 Å². The Balaban J connectivity index is 1.97. The summed E-state index contributed by atoms with van der Waals surface area (Å²) in [6, 6.07) is 14.4. The number of nitrogens with one attached hydrogen (secondary N) is 2. The molecule has 2 aromatic carbocycles. The molecule has 0 bridgehead atoms. The summed E-state index contributed by atoms with van der Waals surface area (Å²) < 4.78 is 37.8. The minimum Gasteiger partial charge on any atom is -0.493 e. The number of aromatic amines is 1. The first-order valence-electron chi connectivity index (χ1n) is 7.84. The Bertz CT molecular complexity index is 1110. The summed E-state index contributed by atoms with van der Waals surface area (Å²) in [5.41, 5.74) is 0.563. The van der Waals surface area contributed by atoms with Gasteiger partial charge in [-0.15, -0.1) is 0 Å². The van der Waals surface area contributed by atoms with Crippen LogP contribution in [0.4, 0.5) is 5.95 Å². The highest BCUT2D eigenvalue weighted by atomic mass is 32.2. The summed E-state index contributed by atoms with van der Waals surface area (Å²) in [4.78, 5) is 18.4. The zero-order chi connectivity index (χ0) is 19.4. The normalized spacial score (nSPS) is 11.0. The van der Waals surface area contributed by atoms with Gasteiger partial charge in [0.05, 0.1) is 24.8 Å². The second kappa shape index (κ2) is 7.50. The van der Waals surface area contributed by atoms with Crippen LogP contribution in [0.3, 0.4) is 0 Å². The highest BCUT2D eigenvalue weighted by molar-refractivity contribution is 7.92. The van der Waals surface area contributed by atoms with E-state index in [1.54, 1.807) is 24.3 Å². The van der Waals surface area contributed by atoms with Crippen molar-refractivity contribution in [2.75, 3.05) is 18.9 Å². The lowest BCUT2D eigenvalue weighted by Crippen LogP contribution is -2.19. The topological polar surface area (TPSA) is 110 Å². The van der Waals surface area contributed by atoms with Gasteiger partial charge in [0.25, 0.3) is 15.6 Å². The molecule has 0 spiro atoms. The maximum atomic E-state index is 12.7. The summed E-state index contributed by atoms with van der Waals surface area (Å²) in [6.07, 6.45) is 0. The van der Waals surface area contributed by atoms with Crippen molar-refractivity contribution in [1.29, 1.82) is 0 Å². The number of rotatable bonds is 6. The summed E-state index contributed by atoms with van der Waals surface area (Å²) in [5, 5.41) is 0. The Hall–Kier alpha value is -3.33. The molecular weight excluding hydrogens is 370 g/mol. The molecule has 0 atom stereocenters. The first-order valence-corrected chi connectivity index (χ1v) is 9.33. The largest absolute Gasteiger partial charge is 0.493 e. The van der Waals surface area contributed by atoms with Crippen LogP contribution in [0, 0.1) is 0 Å². The lowest BCUT2D eigenvalue weighted by atomic mass is 10.1. The number of nitrogens with zero attached hydrogens (tertiary/aromatic N) is 1. The van der Waals surface area contributed by atoms with Crippen LogP contribution in [0.2, 0.25) is 0 Å². The molecule has 0 radical (unpaired) electrons. The standard InChI is InChI=1S/C18H17N3O5S/c1-25-15-9-8-13(10-16(15)26-2)27(23,24)21-18-19-14(11-17(22)20-18)12-6-4-3-5-7-12/h3-11H,1-2H3,(H2,19,20,21,22). The molecule has 0 aliphatic rings. The highest BCUT2D eigenvalue weighted by Crippen LogP contribution is 2.30. The summed E-state index contributed by atoms with van der Waals surface area (Å²) >= 11 is 0. The average molecular weight is 387 g/mol. The van der Waals surface area contributed by atoms with Gasteiger partial charge in [-0.05, 0) is 12.1 Å². The van der Waals surface area contributed by atoms with E-state index in [1.165, 1.54) is 38.5 Å². The highest BCUT2D eigenvalue weighted by Gasteiger charge is 2.19. The van der Waals surface area contributed by atoms with Crippen LogP contribution in [-0.2, 0) is 10.0 Å². The molecule has 27 heavy (non-hydrogen) atoms. The number of ether oxygens (including phenoxy) is 2. The van der Waals surface area contributed by atoms with Gasteiger partial charge in [-0.3, -0.25) is 9.78 Å². The van der Waals surface area contributed by atoms with E-state index in [1.807, 2.05) is 6.07 Å². The third-order valence-electron chi connectivity index (χ3n) is 3.71. The predicted octanol–water partition coefficient (Wildman–Crippen LogP) is 2.25. The first-order chi connectivity index (χ1) is 12.9. The molecule has 0 unspecified atom stereocenters. The second-order valence-electron chi connectivity index (χ2n) is 5.47. The zero-order valence-electron chi connectivity index (χ0n) is 14.6. The first kappa shape index (κ1) is 18.5. The van der Waals surface area contributed by atoms with Crippen molar-refractivity contribution in [2.24, 2.45) is 0 Å². The molecule has 0 saturated heterocycles. The van der Waals surface area contributed by atoms with E-state index >= 15 is 0 Å². The van der Waals surface area contributed by atoms with Gasteiger partial charge in [0.1, 0.15) is 0 Å². The summed E-state index contributed by atoms with van der Waals surface area (Å²) in [7, 11) is -1.15. The minimum absolute atomic E-state index is 0.0621. The van der Waals surface area contributed by atoms with Crippen molar-refractivity contribution >= 4 is 16.0 Å². The van der Waals surface area contributed by atoms with Crippen molar-refractivity contribution in [1.82, 2.24) is 9.97 Å². The van der Waals surface area contributed by atoms with Crippen molar-refractivity contribution < 1.29 is 17.9 Å². The van der Waals surface area contributed by atoms with Crippen LogP contribution in [0.1, 0.15) is 0 Å². The van der Waals surface area contributed by atoms with Crippen LogP contribution in [0.15, 0.2) is 64.3 Å². The third kappa shape index (κ3) is 4.09. The van der Waals surface area contributed by atoms with E-state index in [-0.39, 0.29) is 16.6 Å². The lowest BCUT2D eigenvalue weighted by molar-refractivity contribution is 0.354. The van der Waals surface area contributed by atoms with Crippen LogP contribution in [-0.4, -0.2) is 32.6 Å². The molecule has 3 rings (SSSR count). The van der Waals surface area contributed by atoms with Crippen molar-refractivity contribution in [3.05, 3.63) is 65.0 Å². The van der Waals surface area contributed by atoms with E-state index in [0.29, 0.717) is 17.0 Å². The number of hydrogen-bond donors (Lipinski definition) is 2. The Morgan fingerprint density at radius 1 is 0.963 bits per heavy atom. The number of anilines is 1. The number of H-pyrrole nitrogens is 1. The summed E-state index contributed by atoms with van der Waals surface area (Å²) in [5.74, 6) is 0.477. The number of benzene rings is 2. The van der Waals surface area contributed by atoms with Gasteiger partial charge in [-0.2, -0.15) is 0 Å². The molecule has 8 nitrogen and oxygen atoms in total. The van der Waals surface area contributed by atoms with Crippen molar-refractivity contribution in [3.8, 4) is 22.8 Å². The Morgan fingerprint density at radius 2 is 1.67 bits per heavy atom. The van der Waals surface area contributed by atoms with Gasteiger partial charge >= 0.3 is 0 Å². The molecule has 0 fully saturated rings. The monoisotopic (exact) mass is 387 g/mol. The lowest BCUT2D eigenvalue weighted by Gasteiger charge is -2.11. The van der Waals surface area contributed by atoms with Crippen LogP contribution < -0.4 is 19.8 Å².